The van der Waals surface area contributed by atoms with Crippen molar-refractivity contribution in [3.05, 3.63) is 64.7 Å². The predicted molar refractivity (Wildman–Crippen MR) is 76.8 cm³/mol. The van der Waals surface area contributed by atoms with Crippen LogP contribution in [0.2, 0.25) is 0 Å². The zero-order valence-electron chi connectivity index (χ0n) is 11.7. The number of Topliss-reactive ketones (excluding diaryl/α,β-unsaturated/α-hetero) is 1. The van der Waals surface area contributed by atoms with Crippen molar-refractivity contribution in [3.63, 3.8) is 0 Å². The summed E-state index contributed by atoms with van der Waals surface area (Å²) in [4.78, 5) is 12.4. The van der Waals surface area contributed by atoms with Crippen LogP contribution in [-0.2, 0) is 0 Å². The molecule has 0 aliphatic carbocycles. The summed E-state index contributed by atoms with van der Waals surface area (Å²) in [6, 6.07) is 9.40. The molecule has 1 aliphatic rings. The Kier molecular flexibility index (Phi) is 3.77. The monoisotopic (exact) mass is 313 g/mol. The van der Waals surface area contributed by atoms with E-state index in [1.54, 1.807) is 6.07 Å². The van der Waals surface area contributed by atoms with E-state index in [0.29, 0.717) is 11.5 Å². The van der Waals surface area contributed by atoms with Gasteiger partial charge < -0.3 is 9.47 Å². The third-order valence-corrected chi connectivity index (χ3v) is 3.29. The number of nitrogens with zero attached hydrogens (tertiary/aromatic N) is 1. The molecule has 0 spiro atoms. The first-order valence-corrected chi connectivity index (χ1v) is 6.60. The van der Waals surface area contributed by atoms with Crippen LogP contribution in [0.15, 0.2) is 42.0 Å². The lowest BCUT2D eigenvalue weighted by molar-refractivity contribution is 0.103. The van der Waals surface area contributed by atoms with Crippen molar-refractivity contribution in [1.82, 2.24) is 0 Å². The number of carbonyl (C=O) groups excluding carboxylic acids is 1. The SMILES string of the molecule is N#C/C(=C/c1c(F)cccc1F)C(=O)c1ccc2c(c1)OCO2. The number of nitriles is 1. The topological polar surface area (TPSA) is 59.3 Å². The Morgan fingerprint density at radius 1 is 1.13 bits per heavy atom. The van der Waals surface area contributed by atoms with Crippen LogP contribution >= 0.6 is 0 Å². The summed E-state index contributed by atoms with van der Waals surface area (Å²) >= 11 is 0. The summed E-state index contributed by atoms with van der Waals surface area (Å²) in [7, 11) is 0. The van der Waals surface area contributed by atoms with Gasteiger partial charge in [0, 0.05) is 11.1 Å². The fraction of sp³-hybridized carbons (Fsp3) is 0.0588. The Morgan fingerprint density at radius 3 is 2.52 bits per heavy atom. The zero-order chi connectivity index (χ0) is 16.4. The van der Waals surface area contributed by atoms with Gasteiger partial charge in [0.05, 0.1) is 0 Å². The Bertz CT molecular complexity index is 848. The summed E-state index contributed by atoms with van der Waals surface area (Å²) in [6.45, 7) is 0.0500. The van der Waals surface area contributed by atoms with Gasteiger partial charge in [-0.1, -0.05) is 6.07 Å². The summed E-state index contributed by atoms with van der Waals surface area (Å²) in [5, 5.41) is 9.15. The number of carbonyl (C=O) groups is 1. The van der Waals surface area contributed by atoms with E-state index in [4.69, 9.17) is 14.7 Å². The van der Waals surface area contributed by atoms with E-state index in [9.17, 15) is 13.6 Å². The minimum atomic E-state index is -0.851. The lowest BCUT2D eigenvalue weighted by atomic mass is 10.0. The fourth-order valence-corrected chi connectivity index (χ4v) is 2.13. The van der Waals surface area contributed by atoms with Crippen LogP contribution in [0, 0.1) is 23.0 Å². The highest BCUT2D eigenvalue weighted by atomic mass is 19.1. The van der Waals surface area contributed by atoms with Gasteiger partial charge in [-0.2, -0.15) is 5.26 Å². The Morgan fingerprint density at radius 2 is 1.83 bits per heavy atom. The molecule has 3 rings (SSSR count). The van der Waals surface area contributed by atoms with Gasteiger partial charge in [-0.3, -0.25) is 4.79 Å². The third-order valence-electron chi connectivity index (χ3n) is 3.29. The van der Waals surface area contributed by atoms with E-state index < -0.39 is 23.0 Å². The summed E-state index contributed by atoms with van der Waals surface area (Å²) in [5.41, 5.74) is -0.648. The van der Waals surface area contributed by atoms with E-state index in [0.717, 1.165) is 18.2 Å². The molecule has 1 heterocycles. The maximum absolute atomic E-state index is 13.7. The quantitative estimate of drug-likeness (QED) is 0.494. The first-order valence-electron chi connectivity index (χ1n) is 6.60. The highest BCUT2D eigenvalue weighted by molar-refractivity contribution is 6.14. The lowest BCUT2D eigenvalue weighted by Gasteiger charge is -2.03. The van der Waals surface area contributed by atoms with Gasteiger partial charge in [0.25, 0.3) is 0 Å². The highest BCUT2D eigenvalue weighted by Gasteiger charge is 2.19. The van der Waals surface area contributed by atoms with Crippen LogP contribution < -0.4 is 9.47 Å². The smallest absolute Gasteiger partial charge is 0.231 e. The molecule has 0 saturated heterocycles. The number of hydrogen-bond donors (Lipinski definition) is 0. The molecule has 0 unspecified atom stereocenters. The van der Waals surface area contributed by atoms with Gasteiger partial charge >= 0.3 is 0 Å². The normalized spacial score (nSPS) is 12.8. The van der Waals surface area contributed by atoms with Crippen LogP contribution in [-0.4, -0.2) is 12.6 Å². The molecule has 4 nitrogen and oxygen atoms in total. The van der Waals surface area contributed by atoms with Crippen molar-refractivity contribution in [2.24, 2.45) is 0 Å². The Balaban J connectivity index is 2.00. The fourth-order valence-electron chi connectivity index (χ4n) is 2.13. The maximum atomic E-state index is 13.7. The standard InChI is InChI=1S/C17H9F2NO3/c18-13-2-1-3-14(19)12(13)6-11(8-20)17(21)10-4-5-15-16(7-10)23-9-22-15/h1-7H,9H2/b11-6-. The van der Waals surface area contributed by atoms with Gasteiger partial charge in [-0.05, 0) is 36.4 Å². The number of hydrogen-bond acceptors (Lipinski definition) is 4. The molecule has 0 aromatic heterocycles. The number of benzene rings is 2. The molecule has 23 heavy (non-hydrogen) atoms. The maximum Gasteiger partial charge on any atom is 0.231 e. The lowest BCUT2D eigenvalue weighted by Crippen LogP contribution is -2.03. The average Bonchev–Trinajstić information content (AvgIpc) is 3.01. The second kappa shape index (κ2) is 5.89. The molecule has 6 heteroatoms. The molecule has 0 saturated carbocycles. The van der Waals surface area contributed by atoms with E-state index in [-0.39, 0.29) is 17.9 Å². The molecule has 0 amide bonds. The molecule has 0 bridgehead atoms. The van der Waals surface area contributed by atoms with Crippen LogP contribution in [0.25, 0.3) is 6.08 Å². The van der Waals surface area contributed by atoms with Crippen LogP contribution in [0.1, 0.15) is 15.9 Å². The predicted octanol–water partition coefficient (Wildman–Crippen LogP) is 3.48. The average molecular weight is 313 g/mol. The molecule has 114 valence electrons. The molecule has 2 aromatic carbocycles. The number of ketones is 1. The number of ether oxygens (including phenoxy) is 2. The molecule has 0 N–H and O–H groups in total. The highest BCUT2D eigenvalue weighted by Crippen LogP contribution is 2.33. The molecular formula is C17H9F2NO3. The Labute approximate surface area is 130 Å². The van der Waals surface area contributed by atoms with Gasteiger partial charge in [0.1, 0.15) is 23.3 Å². The van der Waals surface area contributed by atoms with Gasteiger partial charge in [-0.25, -0.2) is 8.78 Å². The molecule has 0 fully saturated rings. The van der Waals surface area contributed by atoms with E-state index in [2.05, 4.69) is 0 Å². The Hall–Kier alpha value is -3.20. The minimum absolute atomic E-state index is 0.0500. The largest absolute Gasteiger partial charge is 0.454 e. The number of halogens is 2. The molecule has 2 aromatic rings. The van der Waals surface area contributed by atoms with Gasteiger partial charge in [-0.15, -0.1) is 0 Å². The molecule has 0 radical (unpaired) electrons. The minimum Gasteiger partial charge on any atom is -0.454 e. The van der Waals surface area contributed by atoms with Crippen LogP contribution in [0.3, 0.4) is 0 Å². The second-order valence-electron chi connectivity index (χ2n) is 4.70. The van der Waals surface area contributed by atoms with Crippen molar-refractivity contribution in [2.45, 2.75) is 0 Å². The van der Waals surface area contributed by atoms with E-state index in [1.165, 1.54) is 24.3 Å². The van der Waals surface area contributed by atoms with Crippen molar-refractivity contribution in [3.8, 4) is 17.6 Å². The number of allylic oxidation sites excluding steroid dienone is 1. The van der Waals surface area contributed by atoms with E-state index in [1.807, 2.05) is 0 Å². The van der Waals surface area contributed by atoms with Crippen molar-refractivity contribution >= 4 is 11.9 Å². The van der Waals surface area contributed by atoms with Crippen LogP contribution in [0.4, 0.5) is 8.78 Å². The first-order chi connectivity index (χ1) is 11.1. The van der Waals surface area contributed by atoms with Crippen LogP contribution in [0.5, 0.6) is 11.5 Å². The van der Waals surface area contributed by atoms with E-state index >= 15 is 0 Å². The molecule has 0 atom stereocenters. The number of rotatable bonds is 3. The van der Waals surface area contributed by atoms with Gasteiger partial charge in [0.2, 0.25) is 12.6 Å². The zero-order valence-corrected chi connectivity index (χ0v) is 11.7. The summed E-state index contributed by atoms with van der Waals surface area (Å²) in [5.74, 6) is -1.49. The van der Waals surface area contributed by atoms with Crippen molar-refractivity contribution in [1.29, 1.82) is 5.26 Å². The van der Waals surface area contributed by atoms with Crippen molar-refractivity contribution < 1.29 is 23.0 Å². The summed E-state index contributed by atoms with van der Waals surface area (Å²) in [6.07, 6.45) is 0.900. The molecule has 1 aliphatic heterocycles. The number of fused-ring (bicyclic) bond motifs is 1. The molecular weight excluding hydrogens is 304 g/mol. The first kappa shape index (κ1) is 14.7. The second-order valence-corrected chi connectivity index (χ2v) is 4.70. The van der Waals surface area contributed by atoms with Gasteiger partial charge in [0.15, 0.2) is 11.5 Å². The van der Waals surface area contributed by atoms with Crippen molar-refractivity contribution in [2.75, 3.05) is 6.79 Å². The third kappa shape index (κ3) is 2.77. The summed E-state index contributed by atoms with van der Waals surface area (Å²) < 4.78 is 37.6.